The predicted octanol–water partition coefficient (Wildman–Crippen LogP) is 0.582. The summed E-state index contributed by atoms with van der Waals surface area (Å²) in [5.41, 5.74) is 0.540. The molecule has 0 spiro atoms. The van der Waals surface area contributed by atoms with Gasteiger partial charge in [0.2, 0.25) is 0 Å². The minimum Gasteiger partial charge on any atom is -0.393 e. The van der Waals surface area contributed by atoms with Gasteiger partial charge in [0.25, 0.3) is 5.91 Å². The zero-order valence-electron chi connectivity index (χ0n) is 8.10. The van der Waals surface area contributed by atoms with Crippen LogP contribution < -0.4 is 5.32 Å². The quantitative estimate of drug-likeness (QED) is 0.737. The van der Waals surface area contributed by atoms with Crippen LogP contribution in [0.2, 0.25) is 0 Å². The summed E-state index contributed by atoms with van der Waals surface area (Å²) in [5, 5.41) is 11.7. The van der Waals surface area contributed by atoms with Crippen LogP contribution in [0.4, 0.5) is 0 Å². The minimum absolute atomic E-state index is 0.154. The molecule has 1 rings (SSSR count). The lowest BCUT2D eigenvalue weighted by Gasteiger charge is -2.05. The van der Waals surface area contributed by atoms with Crippen LogP contribution in [0.3, 0.4) is 0 Å². The van der Waals surface area contributed by atoms with E-state index in [1.807, 2.05) is 0 Å². The first-order valence-corrected chi connectivity index (χ1v) is 4.56. The van der Waals surface area contributed by atoms with Crippen molar-refractivity contribution >= 4 is 5.91 Å². The second-order valence-electron chi connectivity index (χ2n) is 3.14. The van der Waals surface area contributed by atoms with Crippen LogP contribution in [0, 0.1) is 0 Å². The smallest absolute Gasteiger partial charge is 0.252 e. The average Bonchev–Trinajstić information content (AvgIpc) is 2.18. The molecule has 0 aliphatic rings. The van der Waals surface area contributed by atoms with Gasteiger partial charge in [-0.15, -0.1) is 0 Å². The van der Waals surface area contributed by atoms with Crippen molar-refractivity contribution in [3.8, 4) is 0 Å². The first-order chi connectivity index (χ1) is 6.70. The van der Waals surface area contributed by atoms with Crippen molar-refractivity contribution in [2.24, 2.45) is 0 Å². The molecule has 0 fully saturated rings. The molecule has 0 aromatic carbocycles. The third kappa shape index (κ3) is 3.53. The molecule has 0 radical (unpaired) electrons. The number of nitrogens with one attached hydrogen (secondary N) is 1. The number of amides is 1. The van der Waals surface area contributed by atoms with Crippen LogP contribution in [-0.4, -0.2) is 28.6 Å². The molecule has 0 saturated carbocycles. The molecule has 1 heterocycles. The zero-order valence-corrected chi connectivity index (χ0v) is 8.10. The van der Waals surface area contributed by atoms with Crippen LogP contribution in [-0.2, 0) is 0 Å². The second-order valence-corrected chi connectivity index (χ2v) is 3.14. The Hall–Kier alpha value is -1.42. The van der Waals surface area contributed by atoms with Crippen LogP contribution in [0.1, 0.15) is 23.7 Å². The Kier molecular flexibility index (Phi) is 4.07. The van der Waals surface area contributed by atoms with Crippen LogP contribution in [0.25, 0.3) is 0 Å². The standard InChI is InChI=1S/C10H14N2O2/c1-8(13)4-6-12-10(14)9-3-2-5-11-7-9/h2-3,5,7-8,13H,4,6H2,1H3,(H,12,14). The average molecular weight is 194 g/mol. The fourth-order valence-electron chi connectivity index (χ4n) is 0.994. The maximum atomic E-state index is 11.4. The second kappa shape index (κ2) is 5.34. The Labute approximate surface area is 83.0 Å². The third-order valence-electron chi connectivity index (χ3n) is 1.77. The van der Waals surface area contributed by atoms with Gasteiger partial charge in [0.05, 0.1) is 11.7 Å². The highest BCUT2D eigenvalue weighted by Crippen LogP contribution is 1.95. The molecule has 76 valence electrons. The Bertz CT molecular complexity index is 285. The van der Waals surface area contributed by atoms with Crippen molar-refractivity contribution < 1.29 is 9.90 Å². The van der Waals surface area contributed by atoms with Gasteiger partial charge in [0, 0.05) is 18.9 Å². The Morgan fingerprint density at radius 2 is 2.50 bits per heavy atom. The summed E-state index contributed by atoms with van der Waals surface area (Å²) in [6, 6.07) is 3.41. The van der Waals surface area contributed by atoms with E-state index in [0.29, 0.717) is 18.5 Å². The molecular weight excluding hydrogens is 180 g/mol. The predicted molar refractivity (Wildman–Crippen MR) is 52.9 cm³/mol. The van der Waals surface area contributed by atoms with E-state index in [4.69, 9.17) is 5.11 Å². The fourth-order valence-corrected chi connectivity index (χ4v) is 0.994. The largest absolute Gasteiger partial charge is 0.393 e. The molecule has 2 N–H and O–H groups in total. The van der Waals surface area contributed by atoms with Crippen molar-refractivity contribution in [1.29, 1.82) is 0 Å². The molecule has 0 aliphatic heterocycles. The minimum atomic E-state index is -0.385. The van der Waals surface area contributed by atoms with Gasteiger partial charge < -0.3 is 10.4 Å². The summed E-state index contributed by atoms with van der Waals surface area (Å²) >= 11 is 0. The highest BCUT2D eigenvalue weighted by atomic mass is 16.3. The van der Waals surface area contributed by atoms with E-state index >= 15 is 0 Å². The van der Waals surface area contributed by atoms with Gasteiger partial charge in [0.15, 0.2) is 0 Å². The summed E-state index contributed by atoms with van der Waals surface area (Å²) in [7, 11) is 0. The van der Waals surface area contributed by atoms with Gasteiger partial charge >= 0.3 is 0 Å². The Morgan fingerprint density at radius 3 is 3.07 bits per heavy atom. The van der Waals surface area contributed by atoms with Gasteiger partial charge in [-0.2, -0.15) is 0 Å². The first kappa shape index (κ1) is 10.7. The normalized spacial score (nSPS) is 12.1. The van der Waals surface area contributed by atoms with Gasteiger partial charge in [-0.3, -0.25) is 9.78 Å². The van der Waals surface area contributed by atoms with E-state index < -0.39 is 0 Å². The summed E-state index contributed by atoms with van der Waals surface area (Å²) < 4.78 is 0. The van der Waals surface area contributed by atoms with Crippen molar-refractivity contribution in [2.45, 2.75) is 19.4 Å². The summed E-state index contributed by atoms with van der Waals surface area (Å²) in [6.45, 7) is 2.17. The number of aromatic nitrogens is 1. The number of pyridine rings is 1. The molecule has 1 amide bonds. The van der Waals surface area contributed by atoms with Gasteiger partial charge in [0.1, 0.15) is 0 Å². The maximum absolute atomic E-state index is 11.4. The number of aliphatic hydroxyl groups excluding tert-OH is 1. The van der Waals surface area contributed by atoms with Crippen molar-refractivity contribution in [3.05, 3.63) is 30.1 Å². The lowest BCUT2D eigenvalue weighted by molar-refractivity contribution is 0.0945. The Morgan fingerprint density at radius 1 is 1.71 bits per heavy atom. The Balaban J connectivity index is 2.36. The number of rotatable bonds is 4. The van der Waals surface area contributed by atoms with E-state index in [2.05, 4.69) is 10.3 Å². The molecule has 0 aliphatic carbocycles. The van der Waals surface area contributed by atoms with Crippen LogP contribution in [0.15, 0.2) is 24.5 Å². The number of carbonyl (C=O) groups excluding carboxylic acids is 1. The molecule has 4 heteroatoms. The SMILES string of the molecule is CC(O)CCNC(=O)c1cccnc1. The molecule has 4 nitrogen and oxygen atoms in total. The van der Waals surface area contributed by atoms with Crippen molar-refractivity contribution in [1.82, 2.24) is 10.3 Å². The summed E-state index contributed by atoms with van der Waals surface area (Å²) in [6.07, 6.45) is 3.31. The molecule has 1 unspecified atom stereocenters. The zero-order chi connectivity index (χ0) is 10.4. The van der Waals surface area contributed by atoms with E-state index in [-0.39, 0.29) is 12.0 Å². The molecule has 0 saturated heterocycles. The topological polar surface area (TPSA) is 62.2 Å². The van der Waals surface area contributed by atoms with Crippen molar-refractivity contribution in [3.63, 3.8) is 0 Å². The molecule has 0 bridgehead atoms. The summed E-state index contributed by atoms with van der Waals surface area (Å²) in [5.74, 6) is -0.154. The number of hydrogen-bond donors (Lipinski definition) is 2. The highest BCUT2D eigenvalue weighted by Gasteiger charge is 2.04. The molecule has 1 atom stereocenters. The monoisotopic (exact) mass is 194 g/mol. The van der Waals surface area contributed by atoms with Crippen molar-refractivity contribution in [2.75, 3.05) is 6.54 Å². The van der Waals surface area contributed by atoms with E-state index in [9.17, 15) is 4.79 Å². The van der Waals surface area contributed by atoms with E-state index in [1.165, 1.54) is 6.20 Å². The number of nitrogens with zero attached hydrogens (tertiary/aromatic N) is 1. The first-order valence-electron chi connectivity index (χ1n) is 4.56. The lowest BCUT2D eigenvalue weighted by Crippen LogP contribution is -2.26. The number of carbonyl (C=O) groups is 1. The molecule has 1 aromatic heterocycles. The number of aliphatic hydroxyl groups is 1. The fraction of sp³-hybridized carbons (Fsp3) is 0.400. The van der Waals surface area contributed by atoms with Gasteiger partial charge in [-0.05, 0) is 25.5 Å². The van der Waals surface area contributed by atoms with Crippen LogP contribution in [0.5, 0.6) is 0 Å². The molecular formula is C10H14N2O2. The molecule has 14 heavy (non-hydrogen) atoms. The van der Waals surface area contributed by atoms with Crippen LogP contribution >= 0.6 is 0 Å². The maximum Gasteiger partial charge on any atom is 0.252 e. The van der Waals surface area contributed by atoms with Gasteiger partial charge in [-0.25, -0.2) is 0 Å². The molecule has 1 aromatic rings. The third-order valence-corrected chi connectivity index (χ3v) is 1.77. The number of hydrogen-bond acceptors (Lipinski definition) is 3. The van der Waals surface area contributed by atoms with Gasteiger partial charge in [-0.1, -0.05) is 0 Å². The highest BCUT2D eigenvalue weighted by molar-refractivity contribution is 5.93. The van der Waals surface area contributed by atoms with E-state index in [1.54, 1.807) is 25.3 Å². The summed E-state index contributed by atoms with van der Waals surface area (Å²) in [4.78, 5) is 15.2. The van der Waals surface area contributed by atoms with E-state index in [0.717, 1.165) is 0 Å². The lowest BCUT2D eigenvalue weighted by atomic mass is 10.2.